The Morgan fingerprint density at radius 2 is 2.38 bits per heavy atom. The van der Waals surface area contributed by atoms with Gasteiger partial charge in [0.1, 0.15) is 0 Å². The quantitative estimate of drug-likeness (QED) is 0.741. The zero-order valence-corrected chi connectivity index (χ0v) is 9.21. The molecular formula is C11H15N3O2. The first kappa shape index (κ1) is 11.0. The Balaban J connectivity index is 2.06. The van der Waals surface area contributed by atoms with Crippen LogP contribution in [0.5, 0.6) is 0 Å². The van der Waals surface area contributed by atoms with Gasteiger partial charge in [-0.2, -0.15) is 10.2 Å². The molecule has 5 heteroatoms. The largest absolute Gasteiger partial charge is 0.393 e. The van der Waals surface area contributed by atoms with Gasteiger partial charge in [0.2, 0.25) is 0 Å². The summed E-state index contributed by atoms with van der Waals surface area (Å²) in [5, 5.41) is 16.9. The van der Waals surface area contributed by atoms with Crippen LogP contribution in [0.1, 0.15) is 23.7 Å². The molecule has 0 bridgehead atoms. The molecule has 2 heterocycles. The summed E-state index contributed by atoms with van der Waals surface area (Å²) in [7, 11) is 0. The molecule has 1 amide bonds. The van der Waals surface area contributed by atoms with E-state index in [0.29, 0.717) is 25.1 Å². The lowest BCUT2D eigenvalue weighted by Crippen LogP contribution is -2.45. The number of rotatable bonds is 1. The monoisotopic (exact) mass is 221 g/mol. The van der Waals surface area contributed by atoms with Gasteiger partial charge in [0.15, 0.2) is 0 Å². The molecule has 1 aromatic heterocycles. The highest BCUT2D eigenvalue weighted by Crippen LogP contribution is 2.18. The Labute approximate surface area is 94.1 Å². The molecule has 86 valence electrons. The molecule has 2 unspecified atom stereocenters. The molecule has 2 rings (SSSR count). The van der Waals surface area contributed by atoms with E-state index in [4.69, 9.17) is 0 Å². The van der Waals surface area contributed by atoms with Crippen LogP contribution in [-0.4, -0.2) is 45.3 Å². The van der Waals surface area contributed by atoms with Crippen molar-refractivity contribution in [3.63, 3.8) is 0 Å². The molecule has 0 aromatic carbocycles. The summed E-state index contributed by atoms with van der Waals surface area (Å²) in [5.74, 6) is 0.0983. The number of aliphatic hydroxyl groups excluding tert-OH is 1. The smallest absolute Gasteiger partial charge is 0.255 e. The zero-order chi connectivity index (χ0) is 11.5. The molecule has 0 aliphatic carbocycles. The third-order valence-electron chi connectivity index (χ3n) is 2.98. The second-order valence-electron chi connectivity index (χ2n) is 4.22. The SMILES string of the molecule is CC1CN(C(=O)c2ccnnc2)CCC1O. The number of likely N-dealkylation sites (tertiary alicyclic amines) is 1. The maximum Gasteiger partial charge on any atom is 0.255 e. The van der Waals surface area contributed by atoms with Gasteiger partial charge in [-0.3, -0.25) is 4.79 Å². The Morgan fingerprint density at radius 3 is 3.00 bits per heavy atom. The fourth-order valence-electron chi connectivity index (χ4n) is 1.92. The lowest BCUT2D eigenvalue weighted by Gasteiger charge is -2.34. The summed E-state index contributed by atoms with van der Waals surface area (Å²) in [4.78, 5) is 13.8. The van der Waals surface area contributed by atoms with E-state index in [9.17, 15) is 9.90 Å². The van der Waals surface area contributed by atoms with E-state index in [0.717, 1.165) is 0 Å². The molecule has 1 aliphatic rings. The topological polar surface area (TPSA) is 66.3 Å². The van der Waals surface area contributed by atoms with Crippen LogP contribution in [-0.2, 0) is 0 Å². The van der Waals surface area contributed by atoms with Crippen molar-refractivity contribution in [3.8, 4) is 0 Å². The number of hydrogen-bond donors (Lipinski definition) is 1. The molecular weight excluding hydrogens is 206 g/mol. The van der Waals surface area contributed by atoms with Crippen molar-refractivity contribution in [1.82, 2.24) is 15.1 Å². The molecule has 1 saturated heterocycles. The van der Waals surface area contributed by atoms with Crippen LogP contribution in [0.3, 0.4) is 0 Å². The van der Waals surface area contributed by atoms with Crippen LogP contribution in [0.4, 0.5) is 0 Å². The van der Waals surface area contributed by atoms with Crippen LogP contribution in [0.25, 0.3) is 0 Å². The van der Waals surface area contributed by atoms with Gasteiger partial charge in [-0.1, -0.05) is 6.92 Å². The number of amides is 1. The second-order valence-corrected chi connectivity index (χ2v) is 4.22. The highest BCUT2D eigenvalue weighted by molar-refractivity contribution is 5.93. The maximum atomic E-state index is 12.0. The van der Waals surface area contributed by atoms with E-state index in [-0.39, 0.29) is 17.9 Å². The first-order valence-corrected chi connectivity index (χ1v) is 5.42. The van der Waals surface area contributed by atoms with Gasteiger partial charge in [0, 0.05) is 13.1 Å². The van der Waals surface area contributed by atoms with E-state index in [1.807, 2.05) is 6.92 Å². The Morgan fingerprint density at radius 1 is 1.56 bits per heavy atom. The molecule has 16 heavy (non-hydrogen) atoms. The first-order valence-electron chi connectivity index (χ1n) is 5.42. The van der Waals surface area contributed by atoms with Crippen molar-refractivity contribution in [2.75, 3.05) is 13.1 Å². The Hall–Kier alpha value is -1.49. The van der Waals surface area contributed by atoms with E-state index in [1.165, 1.54) is 12.4 Å². The van der Waals surface area contributed by atoms with Crippen LogP contribution in [0.15, 0.2) is 18.5 Å². The van der Waals surface area contributed by atoms with E-state index < -0.39 is 0 Å². The third-order valence-corrected chi connectivity index (χ3v) is 2.98. The molecule has 2 atom stereocenters. The summed E-state index contributed by atoms with van der Waals surface area (Å²) in [6.07, 6.45) is 3.33. The van der Waals surface area contributed by atoms with Gasteiger partial charge in [-0.25, -0.2) is 0 Å². The number of nitrogens with zero attached hydrogens (tertiary/aromatic N) is 3. The minimum Gasteiger partial charge on any atom is -0.393 e. The summed E-state index contributed by atoms with van der Waals surface area (Å²) in [6.45, 7) is 3.16. The van der Waals surface area contributed by atoms with Crippen molar-refractivity contribution in [3.05, 3.63) is 24.0 Å². The fraction of sp³-hybridized carbons (Fsp3) is 0.545. The van der Waals surface area contributed by atoms with Crippen molar-refractivity contribution in [2.45, 2.75) is 19.4 Å². The van der Waals surface area contributed by atoms with E-state index >= 15 is 0 Å². The predicted octanol–water partition coefficient (Wildman–Crippen LogP) is 0.319. The molecule has 1 aromatic rings. The molecule has 1 N–H and O–H groups in total. The number of piperidine rings is 1. The van der Waals surface area contributed by atoms with Crippen molar-refractivity contribution >= 4 is 5.91 Å². The lowest BCUT2D eigenvalue weighted by atomic mass is 9.96. The number of aromatic nitrogens is 2. The predicted molar refractivity (Wildman–Crippen MR) is 57.7 cm³/mol. The summed E-state index contributed by atoms with van der Waals surface area (Å²) >= 11 is 0. The summed E-state index contributed by atoms with van der Waals surface area (Å²) in [6, 6.07) is 1.66. The average molecular weight is 221 g/mol. The van der Waals surface area contributed by atoms with Gasteiger partial charge in [-0.05, 0) is 18.4 Å². The highest BCUT2D eigenvalue weighted by Gasteiger charge is 2.27. The standard InChI is InChI=1S/C11H15N3O2/c1-8-7-14(5-3-10(8)15)11(16)9-2-4-12-13-6-9/h2,4,6,8,10,15H,3,5,7H2,1H3. The second kappa shape index (κ2) is 4.57. The minimum absolute atomic E-state index is 0.0337. The summed E-state index contributed by atoms with van der Waals surface area (Å²) < 4.78 is 0. The number of carbonyl (C=O) groups excluding carboxylic acids is 1. The van der Waals surface area contributed by atoms with Gasteiger partial charge >= 0.3 is 0 Å². The van der Waals surface area contributed by atoms with Crippen LogP contribution in [0, 0.1) is 5.92 Å². The van der Waals surface area contributed by atoms with Crippen LogP contribution >= 0.6 is 0 Å². The Bertz CT molecular complexity index is 369. The van der Waals surface area contributed by atoms with Crippen molar-refractivity contribution in [1.29, 1.82) is 0 Å². The van der Waals surface area contributed by atoms with E-state index in [1.54, 1.807) is 11.0 Å². The van der Waals surface area contributed by atoms with E-state index in [2.05, 4.69) is 10.2 Å². The maximum absolute atomic E-state index is 12.0. The first-order chi connectivity index (χ1) is 7.68. The molecule has 1 aliphatic heterocycles. The fourth-order valence-corrected chi connectivity index (χ4v) is 1.92. The molecule has 0 radical (unpaired) electrons. The number of hydrogen-bond acceptors (Lipinski definition) is 4. The third kappa shape index (κ3) is 2.19. The van der Waals surface area contributed by atoms with Gasteiger partial charge < -0.3 is 10.0 Å². The van der Waals surface area contributed by atoms with Crippen LogP contribution in [0.2, 0.25) is 0 Å². The summed E-state index contributed by atoms with van der Waals surface area (Å²) in [5.41, 5.74) is 0.554. The molecule has 5 nitrogen and oxygen atoms in total. The van der Waals surface area contributed by atoms with Crippen LogP contribution < -0.4 is 0 Å². The average Bonchev–Trinajstić information content (AvgIpc) is 2.33. The zero-order valence-electron chi connectivity index (χ0n) is 9.21. The normalized spacial score (nSPS) is 25.5. The lowest BCUT2D eigenvalue weighted by molar-refractivity contribution is 0.0297. The van der Waals surface area contributed by atoms with Gasteiger partial charge in [0.25, 0.3) is 5.91 Å². The Kier molecular flexibility index (Phi) is 3.14. The van der Waals surface area contributed by atoms with Crippen molar-refractivity contribution in [2.24, 2.45) is 5.92 Å². The molecule has 0 saturated carbocycles. The van der Waals surface area contributed by atoms with Gasteiger partial charge in [0.05, 0.1) is 24.1 Å². The molecule has 0 spiro atoms. The van der Waals surface area contributed by atoms with Gasteiger partial charge in [-0.15, -0.1) is 0 Å². The molecule has 1 fully saturated rings. The van der Waals surface area contributed by atoms with Crippen molar-refractivity contribution < 1.29 is 9.90 Å². The number of carbonyl (C=O) groups is 1. The minimum atomic E-state index is -0.292. The number of aliphatic hydroxyl groups is 1. The highest BCUT2D eigenvalue weighted by atomic mass is 16.3.